The molecule has 0 spiro atoms. The number of hydrogen-bond donors (Lipinski definition) is 15. The highest BCUT2D eigenvalue weighted by atomic mass is 16.2. The lowest BCUT2D eigenvalue weighted by atomic mass is 9.96. The van der Waals surface area contributed by atoms with E-state index in [-0.39, 0.29) is 88.1 Å². The summed E-state index contributed by atoms with van der Waals surface area (Å²) in [6, 6.07) is -3.06. The number of nitrogens with two attached hydrogens (primary N) is 5. The van der Waals surface area contributed by atoms with Gasteiger partial charge in [-0.2, -0.15) is 0 Å². The Labute approximate surface area is 509 Å². The molecule has 486 valence electrons. The number of fused-ring (bicyclic) bond motifs is 1. The van der Waals surface area contributed by atoms with Crippen LogP contribution in [-0.4, -0.2) is 145 Å². The second-order valence-corrected chi connectivity index (χ2v) is 24.5. The van der Waals surface area contributed by atoms with Crippen LogP contribution in [0.2, 0.25) is 0 Å². The van der Waals surface area contributed by atoms with Gasteiger partial charge in [-0.05, 0) is 144 Å². The smallest absolute Gasteiger partial charge is 0.243 e. The Morgan fingerprint density at radius 1 is 0.430 bits per heavy atom. The first-order valence-electron chi connectivity index (χ1n) is 31.1. The van der Waals surface area contributed by atoms with E-state index in [1.165, 1.54) is 0 Å². The summed E-state index contributed by atoms with van der Waals surface area (Å²) < 4.78 is 0. The molecule has 10 atom stereocenters. The molecular weight excluding hydrogens is 1100 g/mol. The van der Waals surface area contributed by atoms with Crippen molar-refractivity contribution in [1.29, 1.82) is 0 Å². The summed E-state index contributed by atoms with van der Waals surface area (Å²) in [4.78, 5) is 143. The number of para-hydroxylation sites is 1. The van der Waals surface area contributed by atoms with Crippen LogP contribution in [0, 0.1) is 29.6 Å². The average Bonchev–Trinajstić information content (AvgIpc) is 3.29. The maximum atomic E-state index is 15.0. The van der Waals surface area contributed by atoms with E-state index in [1.807, 2.05) is 86.6 Å². The lowest BCUT2D eigenvalue weighted by Crippen LogP contribution is -2.61. The maximum absolute atomic E-state index is 15.0. The number of rotatable bonds is 43. The van der Waals surface area contributed by atoms with Crippen molar-refractivity contribution in [2.45, 2.75) is 220 Å². The van der Waals surface area contributed by atoms with Crippen molar-refractivity contribution in [3.8, 4) is 0 Å². The molecular formula is C61H107N15O10. The summed E-state index contributed by atoms with van der Waals surface area (Å²) in [5.41, 5.74) is 30.2. The van der Waals surface area contributed by atoms with Crippen molar-refractivity contribution in [2.75, 3.05) is 26.2 Å². The first-order valence-corrected chi connectivity index (χ1v) is 31.1. The molecule has 0 unspecified atom stereocenters. The van der Waals surface area contributed by atoms with Crippen molar-refractivity contribution in [3.63, 3.8) is 0 Å². The SMILES string of the molecule is CC[C@H](C)[C@H](NC(=O)[C@H](Cc1c[nH]c2ccccc12)NC(=O)[C@H](CCCCN)NC(=O)[C@H](CC(C)C)NC(=O)[C@H](CC(C)C)NC(=O)CN)C(=O)N[C@@H](CCCCN)C(=O)N[C@@H](CCCCN)C(=O)N[C@@H](CC(C)C)C(=O)N[C@@H](CC(C)C)C(N)=O. The van der Waals surface area contributed by atoms with Gasteiger partial charge in [0.25, 0.3) is 0 Å². The van der Waals surface area contributed by atoms with Crippen LogP contribution in [-0.2, 0) is 54.4 Å². The minimum atomic E-state index is -1.35. The highest BCUT2D eigenvalue weighted by molar-refractivity contribution is 5.99. The molecule has 2 aromatic rings. The topological polar surface area (TPSA) is 425 Å². The first kappa shape index (κ1) is 75.4. The maximum Gasteiger partial charge on any atom is 0.243 e. The number of amides is 10. The quantitative estimate of drug-likeness (QED) is 0.0414. The fraction of sp³-hybridized carbons (Fsp3) is 0.705. The zero-order valence-electron chi connectivity index (χ0n) is 52.9. The summed E-state index contributed by atoms with van der Waals surface area (Å²) in [6.45, 7) is 19.1. The van der Waals surface area contributed by atoms with Gasteiger partial charge in [-0.1, -0.05) is 93.9 Å². The van der Waals surface area contributed by atoms with Crippen LogP contribution in [0.4, 0.5) is 0 Å². The second kappa shape index (κ2) is 39.9. The first-order chi connectivity index (χ1) is 40.7. The highest BCUT2D eigenvalue weighted by Crippen LogP contribution is 2.21. The number of nitrogens with one attached hydrogen (secondary N) is 10. The fourth-order valence-corrected chi connectivity index (χ4v) is 9.95. The predicted octanol–water partition coefficient (Wildman–Crippen LogP) is 1.14. The van der Waals surface area contributed by atoms with Crippen LogP contribution in [0.5, 0.6) is 0 Å². The molecule has 1 aromatic carbocycles. The molecule has 0 aliphatic rings. The van der Waals surface area contributed by atoms with E-state index in [0.717, 1.165) is 10.9 Å². The predicted molar refractivity (Wildman–Crippen MR) is 334 cm³/mol. The molecule has 2 rings (SSSR count). The number of carbonyl (C=O) groups is 10. The Kier molecular flexibility index (Phi) is 35.0. The van der Waals surface area contributed by atoms with Gasteiger partial charge in [0, 0.05) is 23.5 Å². The number of primary amides is 1. The molecule has 10 amide bonds. The van der Waals surface area contributed by atoms with Gasteiger partial charge in [-0.15, -0.1) is 0 Å². The lowest BCUT2D eigenvalue weighted by Gasteiger charge is -2.30. The third-order valence-electron chi connectivity index (χ3n) is 14.9. The molecule has 0 bridgehead atoms. The minimum Gasteiger partial charge on any atom is -0.368 e. The van der Waals surface area contributed by atoms with E-state index in [0.29, 0.717) is 63.6 Å². The van der Waals surface area contributed by atoms with Crippen molar-refractivity contribution in [1.82, 2.24) is 52.8 Å². The van der Waals surface area contributed by atoms with Crippen LogP contribution >= 0.6 is 0 Å². The van der Waals surface area contributed by atoms with Gasteiger partial charge in [0.2, 0.25) is 59.1 Å². The van der Waals surface area contributed by atoms with E-state index >= 15 is 0 Å². The molecule has 86 heavy (non-hydrogen) atoms. The summed E-state index contributed by atoms with van der Waals surface area (Å²) in [5, 5.41) is 26.0. The normalized spacial score (nSPS) is 15.0. The van der Waals surface area contributed by atoms with E-state index in [4.69, 9.17) is 28.7 Å². The van der Waals surface area contributed by atoms with Gasteiger partial charge >= 0.3 is 0 Å². The zero-order valence-corrected chi connectivity index (χ0v) is 52.9. The van der Waals surface area contributed by atoms with Crippen molar-refractivity contribution in [3.05, 3.63) is 36.0 Å². The highest BCUT2D eigenvalue weighted by Gasteiger charge is 2.37. The fourth-order valence-electron chi connectivity index (χ4n) is 9.95. The van der Waals surface area contributed by atoms with Gasteiger partial charge in [-0.3, -0.25) is 47.9 Å². The number of carbonyl (C=O) groups excluding carboxylic acids is 10. The minimum absolute atomic E-state index is 0.00775. The molecule has 1 heterocycles. The summed E-state index contributed by atoms with van der Waals surface area (Å²) in [6.07, 6.45) is 6.01. The Hall–Kier alpha value is -6.70. The summed E-state index contributed by atoms with van der Waals surface area (Å²) in [5.74, 6) is -7.38. The van der Waals surface area contributed by atoms with Gasteiger partial charge in [0.05, 0.1) is 6.54 Å². The Balaban J connectivity index is 2.61. The van der Waals surface area contributed by atoms with E-state index < -0.39 is 119 Å². The van der Waals surface area contributed by atoms with Crippen molar-refractivity contribution in [2.24, 2.45) is 58.3 Å². The number of hydrogen-bond acceptors (Lipinski definition) is 14. The average molecular weight is 1210 g/mol. The van der Waals surface area contributed by atoms with E-state index in [1.54, 1.807) is 13.1 Å². The molecule has 0 fully saturated rings. The van der Waals surface area contributed by atoms with Gasteiger partial charge in [-0.25, -0.2) is 0 Å². The largest absolute Gasteiger partial charge is 0.368 e. The number of unbranched alkanes of at least 4 members (excludes halogenated alkanes) is 3. The molecule has 0 saturated heterocycles. The summed E-state index contributed by atoms with van der Waals surface area (Å²) in [7, 11) is 0. The van der Waals surface area contributed by atoms with Gasteiger partial charge < -0.3 is 81.5 Å². The lowest BCUT2D eigenvalue weighted by molar-refractivity contribution is -0.136. The van der Waals surface area contributed by atoms with Crippen LogP contribution in [0.1, 0.15) is 165 Å². The second-order valence-electron chi connectivity index (χ2n) is 24.5. The van der Waals surface area contributed by atoms with Crippen LogP contribution in [0.25, 0.3) is 10.9 Å². The molecule has 25 nitrogen and oxygen atoms in total. The summed E-state index contributed by atoms with van der Waals surface area (Å²) >= 11 is 0. The zero-order chi connectivity index (χ0) is 64.6. The van der Waals surface area contributed by atoms with Crippen LogP contribution in [0.3, 0.4) is 0 Å². The number of aromatic amines is 1. The van der Waals surface area contributed by atoms with Gasteiger partial charge in [0.1, 0.15) is 54.4 Å². The van der Waals surface area contributed by atoms with Crippen molar-refractivity contribution < 1.29 is 47.9 Å². The van der Waals surface area contributed by atoms with Crippen LogP contribution < -0.4 is 76.5 Å². The van der Waals surface area contributed by atoms with Crippen molar-refractivity contribution >= 4 is 70.0 Å². The molecule has 1 aromatic heterocycles. The number of H-pyrrole nitrogens is 1. The monoisotopic (exact) mass is 1210 g/mol. The molecule has 0 saturated carbocycles. The number of benzene rings is 1. The van der Waals surface area contributed by atoms with Crippen LogP contribution in [0.15, 0.2) is 30.5 Å². The Bertz CT molecular complexity index is 2470. The standard InChI is InChI=1S/C61H107N15O10/c1-11-39(10)52(61(86)71-45(24-16-19-27-64)54(79)69-43(22-14-17-25-62)55(80)73-49(31-38(8)9)59(84)72-46(53(66)78)28-35(2)3)76-60(85)50(32-40-34-67-42-21-13-12-20-41(40)42)75-56(81)44(23-15-18-26-63)70-58(83)48(30-37(6)7)74-57(82)47(29-36(4)5)68-51(77)33-65/h12-13,20-21,34-39,43-50,52,67H,11,14-19,22-33,62-65H2,1-10H3,(H2,66,78)(H,68,77)(H,69,79)(H,70,83)(H,71,86)(H,72,84)(H,73,80)(H,74,82)(H,75,81)(H,76,85)/t39-,43-,44-,45-,46-,47-,48-,49-,50-,52-/m0/s1. The molecule has 0 aliphatic heterocycles. The van der Waals surface area contributed by atoms with E-state index in [9.17, 15) is 47.9 Å². The third-order valence-corrected chi connectivity index (χ3v) is 14.9. The van der Waals surface area contributed by atoms with E-state index in [2.05, 4.69) is 52.8 Å². The third kappa shape index (κ3) is 27.3. The number of aromatic nitrogens is 1. The Morgan fingerprint density at radius 3 is 1.17 bits per heavy atom. The Morgan fingerprint density at radius 2 is 0.779 bits per heavy atom. The molecule has 25 heteroatoms. The van der Waals surface area contributed by atoms with Gasteiger partial charge in [0.15, 0.2) is 0 Å². The molecule has 0 radical (unpaired) electrons. The molecule has 0 aliphatic carbocycles. The molecule has 20 N–H and O–H groups in total.